The van der Waals surface area contributed by atoms with Crippen LogP contribution < -0.4 is 0 Å². The number of carbonyl (C=O) groups is 1. The third kappa shape index (κ3) is 2.82. The molecule has 3 rings (SSSR count). The van der Waals surface area contributed by atoms with E-state index in [1.54, 1.807) is 0 Å². The number of rotatable bonds is 3. The van der Waals surface area contributed by atoms with Crippen LogP contribution in [0.1, 0.15) is 30.1 Å². The van der Waals surface area contributed by atoms with E-state index in [9.17, 15) is 4.79 Å². The number of nitrogens with zero attached hydrogens (tertiary/aromatic N) is 3. The van der Waals surface area contributed by atoms with Crippen LogP contribution in [0.5, 0.6) is 0 Å². The van der Waals surface area contributed by atoms with E-state index in [0.717, 1.165) is 39.4 Å². The Labute approximate surface area is 125 Å². The Morgan fingerprint density at radius 2 is 2.14 bits per heavy atom. The second kappa shape index (κ2) is 6.15. The molecule has 1 aromatic heterocycles. The molecule has 0 aromatic carbocycles. The highest BCUT2D eigenvalue weighted by Crippen LogP contribution is 2.24. The summed E-state index contributed by atoms with van der Waals surface area (Å²) in [6.07, 6.45) is 2.06. The smallest absolute Gasteiger partial charge is 0.276 e. The summed E-state index contributed by atoms with van der Waals surface area (Å²) in [5, 5.41) is 0. The summed E-state index contributed by atoms with van der Waals surface area (Å²) in [7, 11) is 0. The van der Waals surface area contributed by atoms with E-state index in [0.29, 0.717) is 29.8 Å². The van der Waals surface area contributed by atoms with E-state index < -0.39 is 0 Å². The predicted molar refractivity (Wildman–Crippen MR) is 77.1 cm³/mol. The number of hydrogen-bond acceptors (Lipinski definition) is 5. The molecule has 0 spiro atoms. The van der Waals surface area contributed by atoms with Gasteiger partial charge in [0.25, 0.3) is 5.91 Å². The molecule has 2 saturated heterocycles. The van der Waals surface area contributed by atoms with Crippen LogP contribution in [-0.2, 0) is 11.2 Å². The minimum Gasteiger partial charge on any atom is -0.448 e. The lowest BCUT2D eigenvalue weighted by atomic mass is 10.0. The Morgan fingerprint density at radius 1 is 1.38 bits per heavy atom. The van der Waals surface area contributed by atoms with Gasteiger partial charge in [0.2, 0.25) is 0 Å². The molecule has 3 heterocycles. The van der Waals surface area contributed by atoms with Crippen LogP contribution >= 0.6 is 0 Å². The lowest BCUT2D eigenvalue weighted by molar-refractivity contribution is 0.0119. The summed E-state index contributed by atoms with van der Waals surface area (Å²) in [6, 6.07) is 0.426. The first-order valence-electron chi connectivity index (χ1n) is 7.74. The first kappa shape index (κ1) is 14.5. The SMILES string of the molecule is CCc1ocnc1C(=O)N1CC(C)C(N2CCOCC2)C1. The second-order valence-electron chi connectivity index (χ2n) is 5.88. The van der Waals surface area contributed by atoms with Crippen molar-refractivity contribution in [2.75, 3.05) is 39.4 Å². The van der Waals surface area contributed by atoms with Crippen LogP contribution in [0.15, 0.2) is 10.8 Å². The lowest BCUT2D eigenvalue weighted by Gasteiger charge is -2.33. The molecular formula is C15H23N3O3. The van der Waals surface area contributed by atoms with Crippen LogP contribution in [0.2, 0.25) is 0 Å². The van der Waals surface area contributed by atoms with Gasteiger partial charge >= 0.3 is 0 Å². The van der Waals surface area contributed by atoms with E-state index >= 15 is 0 Å². The van der Waals surface area contributed by atoms with Crippen molar-refractivity contribution in [1.29, 1.82) is 0 Å². The third-order valence-electron chi connectivity index (χ3n) is 4.54. The number of likely N-dealkylation sites (tertiary alicyclic amines) is 1. The normalized spacial score (nSPS) is 27.2. The van der Waals surface area contributed by atoms with E-state index in [4.69, 9.17) is 9.15 Å². The Balaban J connectivity index is 1.69. The molecule has 2 fully saturated rings. The zero-order valence-corrected chi connectivity index (χ0v) is 12.7. The molecule has 0 bridgehead atoms. The number of aryl methyl sites for hydroxylation is 1. The van der Waals surface area contributed by atoms with Crippen LogP contribution in [0.4, 0.5) is 0 Å². The van der Waals surface area contributed by atoms with Crippen LogP contribution in [0, 0.1) is 5.92 Å². The molecule has 6 heteroatoms. The second-order valence-corrected chi connectivity index (χ2v) is 5.88. The van der Waals surface area contributed by atoms with Crippen LogP contribution in [0.25, 0.3) is 0 Å². The van der Waals surface area contributed by atoms with Gasteiger partial charge in [-0.3, -0.25) is 9.69 Å². The molecule has 0 saturated carbocycles. The van der Waals surface area contributed by atoms with Gasteiger partial charge in [-0.05, 0) is 5.92 Å². The van der Waals surface area contributed by atoms with Crippen molar-refractivity contribution < 1.29 is 13.9 Å². The van der Waals surface area contributed by atoms with Gasteiger partial charge in [-0.1, -0.05) is 13.8 Å². The topological polar surface area (TPSA) is 58.8 Å². The van der Waals surface area contributed by atoms with Crippen molar-refractivity contribution in [3.05, 3.63) is 17.8 Å². The van der Waals surface area contributed by atoms with Crippen molar-refractivity contribution in [2.45, 2.75) is 26.3 Å². The molecule has 2 aliphatic heterocycles. The number of aromatic nitrogens is 1. The molecule has 2 aliphatic rings. The highest BCUT2D eigenvalue weighted by Gasteiger charge is 2.37. The Morgan fingerprint density at radius 3 is 2.86 bits per heavy atom. The average Bonchev–Trinajstić information content (AvgIpc) is 3.13. The average molecular weight is 293 g/mol. The van der Waals surface area contributed by atoms with Gasteiger partial charge in [0.15, 0.2) is 12.1 Å². The molecule has 0 radical (unpaired) electrons. The van der Waals surface area contributed by atoms with Crippen molar-refractivity contribution in [1.82, 2.24) is 14.8 Å². The standard InChI is InChI=1S/C15H23N3O3/c1-3-13-14(16-10-21-13)15(19)18-8-11(2)12(9-18)17-4-6-20-7-5-17/h10-12H,3-9H2,1-2H3. The van der Waals surface area contributed by atoms with E-state index in [1.165, 1.54) is 6.39 Å². The number of ether oxygens (including phenoxy) is 1. The summed E-state index contributed by atoms with van der Waals surface area (Å²) >= 11 is 0. The Kier molecular flexibility index (Phi) is 4.26. The third-order valence-corrected chi connectivity index (χ3v) is 4.54. The first-order chi connectivity index (χ1) is 10.2. The fourth-order valence-electron chi connectivity index (χ4n) is 3.35. The molecule has 2 atom stereocenters. The summed E-state index contributed by atoms with van der Waals surface area (Å²) < 4.78 is 10.7. The fraction of sp³-hybridized carbons (Fsp3) is 0.733. The molecule has 1 amide bonds. The van der Waals surface area contributed by atoms with Gasteiger partial charge < -0.3 is 14.1 Å². The minimum absolute atomic E-state index is 0.00297. The molecule has 6 nitrogen and oxygen atoms in total. The highest BCUT2D eigenvalue weighted by molar-refractivity contribution is 5.93. The Bertz CT molecular complexity index is 496. The van der Waals surface area contributed by atoms with Gasteiger partial charge in [-0.15, -0.1) is 0 Å². The van der Waals surface area contributed by atoms with Crippen molar-refractivity contribution >= 4 is 5.91 Å². The summed E-state index contributed by atoms with van der Waals surface area (Å²) in [6.45, 7) is 9.26. The number of morpholine rings is 1. The number of oxazole rings is 1. The monoisotopic (exact) mass is 293 g/mol. The molecule has 1 aromatic rings. The van der Waals surface area contributed by atoms with Crippen molar-refractivity contribution in [3.8, 4) is 0 Å². The zero-order valence-electron chi connectivity index (χ0n) is 12.7. The first-order valence-corrected chi connectivity index (χ1v) is 7.74. The molecular weight excluding hydrogens is 270 g/mol. The minimum atomic E-state index is 0.00297. The highest BCUT2D eigenvalue weighted by atomic mass is 16.5. The van der Waals surface area contributed by atoms with E-state index in [1.807, 2.05) is 11.8 Å². The molecule has 21 heavy (non-hydrogen) atoms. The number of hydrogen-bond donors (Lipinski definition) is 0. The molecule has 0 aliphatic carbocycles. The zero-order chi connectivity index (χ0) is 14.8. The van der Waals surface area contributed by atoms with Gasteiger partial charge in [0, 0.05) is 38.6 Å². The van der Waals surface area contributed by atoms with Gasteiger partial charge in [0.05, 0.1) is 13.2 Å². The molecule has 2 unspecified atom stereocenters. The maximum atomic E-state index is 12.6. The maximum Gasteiger partial charge on any atom is 0.276 e. The summed E-state index contributed by atoms with van der Waals surface area (Å²) in [5.41, 5.74) is 0.479. The predicted octanol–water partition coefficient (Wildman–Crippen LogP) is 1.03. The van der Waals surface area contributed by atoms with Crippen molar-refractivity contribution in [2.24, 2.45) is 5.92 Å². The van der Waals surface area contributed by atoms with Gasteiger partial charge in [-0.2, -0.15) is 0 Å². The number of carbonyl (C=O) groups excluding carboxylic acids is 1. The largest absolute Gasteiger partial charge is 0.448 e. The van der Waals surface area contributed by atoms with Crippen LogP contribution in [-0.4, -0.2) is 66.1 Å². The summed E-state index contributed by atoms with van der Waals surface area (Å²) in [5.74, 6) is 1.16. The van der Waals surface area contributed by atoms with E-state index in [-0.39, 0.29) is 5.91 Å². The Hall–Kier alpha value is -1.40. The van der Waals surface area contributed by atoms with Gasteiger partial charge in [-0.25, -0.2) is 4.98 Å². The lowest BCUT2D eigenvalue weighted by Crippen LogP contribution is -2.47. The number of amides is 1. The fourth-order valence-corrected chi connectivity index (χ4v) is 3.35. The van der Waals surface area contributed by atoms with Crippen molar-refractivity contribution in [3.63, 3.8) is 0 Å². The molecule has 0 N–H and O–H groups in total. The van der Waals surface area contributed by atoms with E-state index in [2.05, 4.69) is 16.8 Å². The quantitative estimate of drug-likeness (QED) is 0.833. The summed E-state index contributed by atoms with van der Waals surface area (Å²) in [4.78, 5) is 21.1. The maximum absolute atomic E-state index is 12.6. The molecule has 116 valence electrons. The van der Waals surface area contributed by atoms with Crippen LogP contribution in [0.3, 0.4) is 0 Å². The van der Waals surface area contributed by atoms with Gasteiger partial charge in [0.1, 0.15) is 5.76 Å².